The number of carbonyl (C=O) groups excluding carboxylic acids is 1. The zero-order chi connectivity index (χ0) is 22.5. The third-order valence-corrected chi connectivity index (χ3v) is 5.37. The maximum absolute atomic E-state index is 12.9. The van der Waals surface area contributed by atoms with Crippen molar-refractivity contribution in [3.05, 3.63) is 69.8 Å². The van der Waals surface area contributed by atoms with Gasteiger partial charge >= 0.3 is 0 Å². The molecule has 0 unspecified atom stereocenters. The summed E-state index contributed by atoms with van der Waals surface area (Å²) in [5.74, 6) is 0.739. The molecule has 0 bridgehead atoms. The first kappa shape index (κ1) is 22.4. The highest BCUT2D eigenvalue weighted by atomic mass is 79.9. The van der Waals surface area contributed by atoms with Crippen LogP contribution in [0.25, 0.3) is 11.1 Å². The van der Waals surface area contributed by atoms with Gasteiger partial charge in [0.25, 0.3) is 5.91 Å². The van der Waals surface area contributed by atoms with Gasteiger partial charge in [0, 0.05) is 5.69 Å². The molecule has 0 atom stereocenters. The van der Waals surface area contributed by atoms with Gasteiger partial charge < -0.3 is 30.0 Å². The predicted octanol–water partition coefficient (Wildman–Crippen LogP) is 5.09. The summed E-state index contributed by atoms with van der Waals surface area (Å²) in [4.78, 5) is 12.9. The average molecular weight is 488 g/mol. The van der Waals surface area contributed by atoms with E-state index in [0.717, 1.165) is 11.1 Å². The number of rotatable bonds is 7. The van der Waals surface area contributed by atoms with Gasteiger partial charge in [0.15, 0.2) is 11.5 Å². The Morgan fingerprint density at radius 2 is 1.48 bits per heavy atom. The van der Waals surface area contributed by atoms with Gasteiger partial charge in [-0.05, 0) is 57.4 Å². The third-order valence-electron chi connectivity index (χ3n) is 4.58. The largest absolute Gasteiger partial charge is 0.733 e. The number of methoxy groups -OCH3 is 3. The summed E-state index contributed by atoms with van der Waals surface area (Å²) in [6, 6.07) is 15.2. The molecule has 1 amide bonds. The molecule has 9 heteroatoms. The number of benzene rings is 3. The van der Waals surface area contributed by atoms with Crippen molar-refractivity contribution in [2.75, 3.05) is 31.9 Å². The van der Waals surface area contributed by atoms with Gasteiger partial charge in [0.1, 0.15) is 0 Å². The topological polar surface area (TPSA) is 103 Å². The monoisotopic (exact) mass is 487 g/mol. The predicted molar refractivity (Wildman–Crippen MR) is 121 cm³/mol. The van der Waals surface area contributed by atoms with Crippen molar-refractivity contribution in [2.24, 2.45) is 0 Å². The third kappa shape index (κ3) is 4.74. The van der Waals surface area contributed by atoms with Crippen LogP contribution in [0.15, 0.2) is 59.1 Å². The second kappa shape index (κ2) is 9.69. The molecule has 0 heterocycles. The summed E-state index contributed by atoms with van der Waals surface area (Å²) in [5.41, 5.74) is 2.79. The van der Waals surface area contributed by atoms with Crippen LogP contribution in [0.4, 0.5) is 11.4 Å². The quantitative estimate of drug-likeness (QED) is 0.447. The zero-order valence-corrected chi connectivity index (χ0v) is 18.6. The maximum atomic E-state index is 12.9. The Bertz CT molecular complexity index is 1070. The normalized spacial score (nSPS) is 10.4. The minimum atomic E-state index is -0.360. The van der Waals surface area contributed by atoms with E-state index in [2.05, 4.69) is 21.2 Å². The number of nitrogens with zero attached hydrogens (tertiary/aromatic N) is 1. The van der Waals surface area contributed by atoms with Crippen LogP contribution in [0.1, 0.15) is 10.4 Å². The molecule has 31 heavy (non-hydrogen) atoms. The lowest BCUT2D eigenvalue weighted by molar-refractivity contribution is 0.102. The Hall–Kier alpha value is -3.27. The van der Waals surface area contributed by atoms with Gasteiger partial charge in [-0.15, -0.1) is 0 Å². The lowest BCUT2D eigenvalue weighted by Crippen LogP contribution is -2.13. The number of anilines is 2. The van der Waals surface area contributed by atoms with Crippen LogP contribution in [-0.2, 0) is 0 Å². The maximum Gasteiger partial charge on any atom is 0.257 e. The van der Waals surface area contributed by atoms with Crippen LogP contribution < -0.4 is 24.8 Å². The Labute approximate surface area is 187 Å². The molecule has 3 rings (SSSR count). The Morgan fingerprint density at radius 1 is 0.935 bits per heavy atom. The van der Waals surface area contributed by atoms with Gasteiger partial charge in [-0.2, -0.15) is 0 Å². The van der Waals surface area contributed by atoms with E-state index >= 15 is 0 Å². The number of hydrogen-bond acceptors (Lipinski definition) is 7. The smallest absolute Gasteiger partial charge is 0.257 e. The van der Waals surface area contributed by atoms with Crippen molar-refractivity contribution < 1.29 is 24.2 Å². The number of nitrogens with one attached hydrogen (secondary N) is 1. The standard InChI is InChI=1S/C22H20BrN2O6/c1-29-18-12-17(19(23)21(31-3)20(18)30-2)22(26)24-15-8-4-13(5-9-15)14-6-10-16(11-7-14)25(27)28/h4-12,27H,1-3H3,(H,24,26)/q-1. The molecular weight excluding hydrogens is 468 g/mol. The molecule has 0 radical (unpaired) electrons. The highest BCUT2D eigenvalue weighted by Crippen LogP contribution is 2.44. The molecule has 0 aromatic heterocycles. The van der Waals surface area contributed by atoms with E-state index in [4.69, 9.17) is 19.4 Å². The van der Waals surface area contributed by atoms with Crippen LogP contribution in [0.5, 0.6) is 17.2 Å². The van der Waals surface area contributed by atoms with E-state index < -0.39 is 0 Å². The van der Waals surface area contributed by atoms with Crippen LogP contribution >= 0.6 is 15.9 Å². The van der Waals surface area contributed by atoms with Crippen molar-refractivity contribution in [1.82, 2.24) is 0 Å². The summed E-state index contributed by atoms with van der Waals surface area (Å²) in [5, 5.41) is 22.5. The van der Waals surface area contributed by atoms with Crippen molar-refractivity contribution in [3.8, 4) is 28.4 Å². The highest BCUT2D eigenvalue weighted by Gasteiger charge is 2.23. The van der Waals surface area contributed by atoms with E-state index in [1.807, 2.05) is 12.1 Å². The molecule has 3 aromatic rings. The summed E-state index contributed by atoms with van der Waals surface area (Å²) in [6.45, 7) is 0. The van der Waals surface area contributed by atoms with Gasteiger partial charge in [-0.1, -0.05) is 24.3 Å². The first-order chi connectivity index (χ1) is 14.9. The first-order valence-electron chi connectivity index (χ1n) is 9.06. The van der Waals surface area contributed by atoms with Crippen molar-refractivity contribution in [3.63, 3.8) is 0 Å². The molecule has 2 N–H and O–H groups in total. The fraction of sp³-hybridized carbons (Fsp3) is 0.136. The second-order valence-electron chi connectivity index (χ2n) is 6.36. The summed E-state index contributed by atoms with van der Waals surface area (Å²) < 4.78 is 16.5. The number of hydrogen-bond donors (Lipinski definition) is 2. The molecular formula is C22H20BrN2O6-. The molecule has 8 nitrogen and oxygen atoms in total. The van der Waals surface area contributed by atoms with Gasteiger partial charge in [-0.3, -0.25) is 10.0 Å². The van der Waals surface area contributed by atoms with Crippen LogP contribution in [0, 0.1) is 5.21 Å². The van der Waals surface area contributed by atoms with E-state index in [0.29, 0.717) is 33.0 Å². The lowest BCUT2D eigenvalue weighted by atomic mass is 10.0. The number of halogens is 1. The highest BCUT2D eigenvalue weighted by molar-refractivity contribution is 9.10. The van der Waals surface area contributed by atoms with Crippen LogP contribution in [0.3, 0.4) is 0 Å². The second-order valence-corrected chi connectivity index (χ2v) is 7.15. The fourth-order valence-corrected chi connectivity index (χ4v) is 3.65. The number of carbonyl (C=O) groups is 1. The van der Waals surface area contributed by atoms with E-state index in [1.54, 1.807) is 30.3 Å². The Morgan fingerprint density at radius 3 is 1.97 bits per heavy atom. The van der Waals surface area contributed by atoms with Crippen LogP contribution in [-0.4, -0.2) is 32.4 Å². The molecule has 3 aromatic carbocycles. The van der Waals surface area contributed by atoms with Gasteiger partial charge in [0.2, 0.25) is 5.75 Å². The molecule has 162 valence electrons. The molecule has 0 spiro atoms. The Kier molecular flexibility index (Phi) is 7.01. The minimum absolute atomic E-state index is 0.142. The minimum Gasteiger partial charge on any atom is -0.733 e. The molecule has 0 aliphatic rings. The van der Waals surface area contributed by atoms with Crippen molar-refractivity contribution in [2.45, 2.75) is 0 Å². The summed E-state index contributed by atoms with van der Waals surface area (Å²) in [7, 11) is 4.44. The van der Waals surface area contributed by atoms with Crippen molar-refractivity contribution in [1.29, 1.82) is 0 Å². The summed E-state index contributed by atoms with van der Waals surface area (Å²) in [6.07, 6.45) is 0. The molecule has 0 fully saturated rings. The summed E-state index contributed by atoms with van der Waals surface area (Å²) >= 11 is 3.40. The number of amides is 1. The van der Waals surface area contributed by atoms with E-state index in [1.165, 1.54) is 33.5 Å². The van der Waals surface area contributed by atoms with Crippen LogP contribution in [0.2, 0.25) is 0 Å². The first-order valence-corrected chi connectivity index (χ1v) is 9.85. The van der Waals surface area contributed by atoms with Gasteiger partial charge in [0.05, 0.1) is 37.1 Å². The lowest BCUT2D eigenvalue weighted by Gasteiger charge is -2.21. The average Bonchev–Trinajstić information content (AvgIpc) is 2.79. The SMILES string of the molecule is COc1cc(C(=O)Nc2ccc(-c3ccc(N([O-])O)cc3)cc2)c(Br)c(OC)c1OC. The fourth-order valence-electron chi connectivity index (χ4n) is 3.01. The van der Waals surface area contributed by atoms with Crippen molar-refractivity contribution >= 4 is 33.2 Å². The molecule has 0 saturated carbocycles. The molecule has 0 aliphatic carbocycles. The zero-order valence-electron chi connectivity index (χ0n) is 17.0. The van der Waals surface area contributed by atoms with E-state index in [9.17, 15) is 10.0 Å². The molecule has 0 saturated heterocycles. The van der Waals surface area contributed by atoms with Gasteiger partial charge in [-0.25, -0.2) is 0 Å². The number of ether oxygens (including phenoxy) is 3. The Balaban J connectivity index is 1.82. The van der Waals surface area contributed by atoms with E-state index in [-0.39, 0.29) is 16.8 Å². The molecule has 0 aliphatic heterocycles.